The number of nitrogens with zero attached hydrogens (tertiary/aromatic N) is 1. The SMILES string of the molecule is Cl.Cl.Clc1ncccc1OCC1CC2CC2N1. The smallest absolute Gasteiger partial charge is 0.171 e. The first-order valence-electron chi connectivity index (χ1n) is 5.32. The van der Waals surface area contributed by atoms with Gasteiger partial charge in [0.15, 0.2) is 10.9 Å². The van der Waals surface area contributed by atoms with Gasteiger partial charge in [0.1, 0.15) is 6.61 Å². The van der Waals surface area contributed by atoms with Crippen molar-refractivity contribution in [2.24, 2.45) is 5.92 Å². The fourth-order valence-corrected chi connectivity index (χ4v) is 2.41. The normalized spacial score (nSPS) is 28.6. The number of aromatic nitrogens is 1. The van der Waals surface area contributed by atoms with E-state index in [2.05, 4.69) is 10.3 Å². The molecule has 1 aliphatic carbocycles. The summed E-state index contributed by atoms with van der Waals surface area (Å²) in [7, 11) is 0. The summed E-state index contributed by atoms with van der Waals surface area (Å²) < 4.78 is 5.63. The maximum Gasteiger partial charge on any atom is 0.171 e. The Kier molecular flexibility index (Phi) is 5.32. The zero-order valence-corrected chi connectivity index (χ0v) is 11.5. The second-order valence-corrected chi connectivity index (χ2v) is 4.66. The molecule has 0 bridgehead atoms. The fraction of sp³-hybridized carbons (Fsp3) is 0.545. The highest BCUT2D eigenvalue weighted by atomic mass is 35.5. The summed E-state index contributed by atoms with van der Waals surface area (Å²) in [5.74, 6) is 1.59. The van der Waals surface area contributed by atoms with Gasteiger partial charge in [-0.3, -0.25) is 0 Å². The molecule has 3 nitrogen and oxygen atoms in total. The number of ether oxygens (including phenoxy) is 1. The molecular formula is C11H15Cl3N2O. The molecule has 2 aliphatic rings. The molecule has 0 spiro atoms. The third-order valence-electron chi connectivity index (χ3n) is 3.12. The van der Waals surface area contributed by atoms with Crippen LogP contribution in [-0.2, 0) is 0 Å². The second kappa shape index (κ2) is 6.10. The van der Waals surface area contributed by atoms with Crippen molar-refractivity contribution in [3.05, 3.63) is 23.5 Å². The van der Waals surface area contributed by atoms with Crippen molar-refractivity contribution < 1.29 is 4.74 Å². The molecule has 1 saturated heterocycles. The standard InChI is InChI=1S/C11H13ClN2O.2ClH/c12-11-10(2-1-3-13-11)15-6-8-4-7-5-9(7)14-8;;/h1-3,7-9,14H,4-6H2;2*1H. The number of fused-ring (bicyclic) bond motifs is 1. The lowest BCUT2D eigenvalue weighted by Gasteiger charge is -2.14. The van der Waals surface area contributed by atoms with Crippen molar-refractivity contribution in [2.75, 3.05) is 6.61 Å². The number of nitrogens with one attached hydrogen (secondary N) is 1. The zero-order chi connectivity index (χ0) is 10.3. The summed E-state index contributed by atoms with van der Waals surface area (Å²) in [5, 5.41) is 3.97. The fourth-order valence-electron chi connectivity index (χ4n) is 2.23. The Morgan fingerprint density at radius 2 is 2.24 bits per heavy atom. The van der Waals surface area contributed by atoms with Crippen molar-refractivity contribution in [3.8, 4) is 5.75 Å². The van der Waals surface area contributed by atoms with E-state index in [1.807, 2.05) is 12.1 Å². The molecule has 96 valence electrons. The number of rotatable bonds is 3. The molecule has 2 fully saturated rings. The van der Waals surface area contributed by atoms with Crippen LogP contribution in [0.15, 0.2) is 18.3 Å². The Bertz CT molecular complexity index is 367. The van der Waals surface area contributed by atoms with Crippen LogP contribution in [0, 0.1) is 5.92 Å². The van der Waals surface area contributed by atoms with Gasteiger partial charge < -0.3 is 10.1 Å². The van der Waals surface area contributed by atoms with E-state index in [1.54, 1.807) is 6.20 Å². The van der Waals surface area contributed by atoms with Gasteiger partial charge in [0, 0.05) is 18.3 Å². The molecule has 1 aliphatic heterocycles. The van der Waals surface area contributed by atoms with Crippen molar-refractivity contribution in [3.63, 3.8) is 0 Å². The Hall–Kier alpha value is -0.220. The van der Waals surface area contributed by atoms with Gasteiger partial charge in [-0.15, -0.1) is 24.8 Å². The van der Waals surface area contributed by atoms with Crippen LogP contribution in [0.4, 0.5) is 0 Å². The molecule has 3 atom stereocenters. The first-order chi connectivity index (χ1) is 7.33. The van der Waals surface area contributed by atoms with Gasteiger partial charge in [-0.25, -0.2) is 4.98 Å². The van der Waals surface area contributed by atoms with Gasteiger partial charge in [0.2, 0.25) is 0 Å². The van der Waals surface area contributed by atoms with Gasteiger partial charge in [-0.05, 0) is 30.9 Å². The highest BCUT2D eigenvalue weighted by Gasteiger charge is 2.45. The van der Waals surface area contributed by atoms with Crippen LogP contribution in [0.1, 0.15) is 12.8 Å². The van der Waals surface area contributed by atoms with E-state index in [9.17, 15) is 0 Å². The number of pyridine rings is 1. The monoisotopic (exact) mass is 296 g/mol. The zero-order valence-electron chi connectivity index (χ0n) is 9.14. The number of hydrogen-bond acceptors (Lipinski definition) is 3. The molecule has 0 aromatic carbocycles. The summed E-state index contributed by atoms with van der Waals surface area (Å²) >= 11 is 5.89. The molecule has 3 unspecified atom stereocenters. The highest BCUT2D eigenvalue weighted by molar-refractivity contribution is 6.30. The first kappa shape index (κ1) is 14.8. The van der Waals surface area contributed by atoms with Crippen LogP contribution in [0.5, 0.6) is 5.75 Å². The Labute approximate surface area is 118 Å². The summed E-state index contributed by atoms with van der Waals surface area (Å²) in [6, 6.07) is 4.94. The summed E-state index contributed by atoms with van der Waals surface area (Å²) in [5.41, 5.74) is 0. The van der Waals surface area contributed by atoms with Gasteiger partial charge in [-0.1, -0.05) is 11.6 Å². The minimum atomic E-state index is 0. The minimum absolute atomic E-state index is 0. The topological polar surface area (TPSA) is 34.1 Å². The molecule has 1 N–H and O–H groups in total. The molecule has 3 rings (SSSR count). The highest BCUT2D eigenvalue weighted by Crippen LogP contribution is 2.40. The van der Waals surface area contributed by atoms with E-state index in [1.165, 1.54) is 12.8 Å². The van der Waals surface area contributed by atoms with Crippen molar-refractivity contribution in [1.29, 1.82) is 0 Å². The van der Waals surface area contributed by atoms with E-state index in [0.29, 0.717) is 23.6 Å². The largest absolute Gasteiger partial charge is 0.489 e. The van der Waals surface area contributed by atoms with E-state index in [0.717, 1.165) is 12.0 Å². The maximum atomic E-state index is 5.89. The molecule has 17 heavy (non-hydrogen) atoms. The average molecular weight is 298 g/mol. The maximum absolute atomic E-state index is 5.89. The molecular weight excluding hydrogens is 282 g/mol. The molecule has 2 heterocycles. The number of hydrogen-bond donors (Lipinski definition) is 1. The number of piperidine rings is 1. The van der Waals surface area contributed by atoms with E-state index in [4.69, 9.17) is 16.3 Å². The lowest BCUT2D eigenvalue weighted by molar-refractivity contribution is 0.267. The lowest BCUT2D eigenvalue weighted by Crippen LogP contribution is -2.31. The Balaban J connectivity index is 0.000000722. The number of halogens is 3. The third kappa shape index (κ3) is 3.38. The van der Waals surface area contributed by atoms with Gasteiger partial charge in [0.25, 0.3) is 0 Å². The predicted molar refractivity (Wildman–Crippen MR) is 72.7 cm³/mol. The quantitative estimate of drug-likeness (QED) is 0.871. The predicted octanol–water partition coefficient (Wildman–Crippen LogP) is 2.71. The molecule has 6 heteroatoms. The van der Waals surface area contributed by atoms with Crippen molar-refractivity contribution >= 4 is 36.4 Å². The summed E-state index contributed by atoms with van der Waals surface area (Å²) in [6.07, 6.45) is 4.25. The lowest BCUT2D eigenvalue weighted by atomic mass is 10.2. The molecule has 0 radical (unpaired) electrons. The molecule has 1 saturated carbocycles. The summed E-state index contributed by atoms with van der Waals surface area (Å²) in [4.78, 5) is 3.97. The minimum Gasteiger partial charge on any atom is -0.489 e. The van der Waals surface area contributed by atoms with Gasteiger partial charge >= 0.3 is 0 Å². The van der Waals surface area contributed by atoms with Crippen LogP contribution in [0.3, 0.4) is 0 Å². The van der Waals surface area contributed by atoms with Crippen LogP contribution >= 0.6 is 36.4 Å². The van der Waals surface area contributed by atoms with Crippen LogP contribution in [0.2, 0.25) is 5.15 Å². The Morgan fingerprint density at radius 1 is 1.41 bits per heavy atom. The van der Waals surface area contributed by atoms with Crippen molar-refractivity contribution in [1.82, 2.24) is 10.3 Å². The van der Waals surface area contributed by atoms with E-state index in [-0.39, 0.29) is 24.8 Å². The second-order valence-electron chi connectivity index (χ2n) is 4.30. The van der Waals surface area contributed by atoms with E-state index >= 15 is 0 Å². The average Bonchev–Trinajstić information content (AvgIpc) is 2.85. The molecule has 0 amide bonds. The third-order valence-corrected chi connectivity index (χ3v) is 3.41. The van der Waals surface area contributed by atoms with E-state index < -0.39 is 0 Å². The van der Waals surface area contributed by atoms with Gasteiger partial charge in [-0.2, -0.15) is 0 Å². The van der Waals surface area contributed by atoms with Crippen LogP contribution in [-0.4, -0.2) is 23.7 Å². The molecule has 1 aromatic heterocycles. The Morgan fingerprint density at radius 3 is 2.88 bits per heavy atom. The van der Waals surface area contributed by atoms with Gasteiger partial charge in [0.05, 0.1) is 0 Å². The van der Waals surface area contributed by atoms with Crippen LogP contribution < -0.4 is 10.1 Å². The summed E-state index contributed by atoms with van der Waals surface area (Å²) in [6.45, 7) is 0.693. The first-order valence-corrected chi connectivity index (χ1v) is 5.70. The van der Waals surface area contributed by atoms with Crippen LogP contribution in [0.25, 0.3) is 0 Å². The van der Waals surface area contributed by atoms with Crippen molar-refractivity contribution in [2.45, 2.75) is 24.9 Å². The molecule has 1 aromatic rings.